The van der Waals surface area contributed by atoms with Crippen molar-refractivity contribution in [2.75, 3.05) is 13.2 Å². The molecule has 1 unspecified atom stereocenters. The minimum Gasteiger partial charge on any atom is -0.491 e. The van der Waals surface area contributed by atoms with Crippen LogP contribution in [0.3, 0.4) is 0 Å². The van der Waals surface area contributed by atoms with Crippen LogP contribution in [0.2, 0.25) is 0 Å². The Hall–Kier alpha value is -3.06. The van der Waals surface area contributed by atoms with Gasteiger partial charge in [-0.2, -0.15) is 4.98 Å². The third-order valence-electron chi connectivity index (χ3n) is 3.72. The Morgan fingerprint density at radius 3 is 2.90 bits per heavy atom. The number of carbonyl (C=O) groups is 2. The first-order chi connectivity index (χ1) is 13.7. The summed E-state index contributed by atoms with van der Waals surface area (Å²) in [5.41, 5.74) is 0. The fraction of sp³-hybridized carbons (Fsp3) is 0.375. The number of ether oxygens (including phenoxy) is 1. The van der Waals surface area contributed by atoms with E-state index in [1.165, 1.54) is 36.1 Å². The summed E-state index contributed by atoms with van der Waals surface area (Å²) in [6.45, 7) is 0.680. The van der Waals surface area contributed by atoms with Crippen LogP contribution in [0.15, 0.2) is 33.7 Å². The second kappa shape index (κ2) is 8.53. The second-order valence-electron chi connectivity index (χ2n) is 6.20. The van der Waals surface area contributed by atoms with E-state index in [1.54, 1.807) is 0 Å². The summed E-state index contributed by atoms with van der Waals surface area (Å²) in [4.78, 5) is 27.8. The number of nitrogens with one attached hydrogen (secondary N) is 2. The van der Waals surface area contributed by atoms with Gasteiger partial charge in [0.1, 0.15) is 25.1 Å². The lowest BCUT2D eigenvalue weighted by Crippen LogP contribution is -2.28. The molecule has 1 aliphatic heterocycles. The number of hydrogen-bond acceptors (Lipinski definition) is 8. The van der Waals surface area contributed by atoms with Crippen LogP contribution in [-0.4, -0.2) is 54.7 Å². The molecule has 29 heavy (non-hydrogen) atoms. The number of halogens is 1. The van der Waals surface area contributed by atoms with Crippen LogP contribution in [0.5, 0.6) is 5.75 Å². The van der Waals surface area contributed by atoms with Gasteiger partial charge in [0.2, 0.25) is 21.8 Å². The van der Waals surface area contributed by atoms with Crippen molar-refractivity contribution in [1.82, 2.24) is 25.1 Å². The largest absolute Gasteiger partial charge is 0.491 e. The highest BCUT2D eigenvalue weighted by Gasteiger charge is 2.28. The minimum atomic E-state index is -3.92. The molecule has 0 bridgehead atoms. The summed E-state index contributed by atoms with van der Waals surface area (Å²) in [5, 5.41) is 5.77. The Balaban J connectivity index is 1.59. The molecule has 1 fully saturated rings. The average molecular weight is 427 g/mol. The molecule has 3 rings (SSSR count). The molecule has 0 spiro atoms. The van der Waals surface area contributed by atoms with Gasteiger partial charge in [0, 0.05) is 6.07 Å². The minimum absolute atomic E-state index is 0.0202. The number of rotatable bonds is 9. The van der Waals surface area contributed by atoms with E-state index < -0.39 is 28.1 Å². The molecular formula is C16H18FN5O6S. The quantitative estimate of drug-likeness (QED) is 0.545. The molecule has 2 N–H and O–H groups in total. The van der Waals surface area contributed by atoms with Crippen LogP contribution in [0.25, 0.3) is 0 Å². The molecule has 3 amide bonds. The molecular weight excluding hydrogens is 409 g/mol. The molecule has 13 heteroatoms. The Morgan fingerprint density at radius 2 is 2.21 bits per heavy atom. The molecule has 11 nitrogen and oxygen atoms in total. The van der Waals surface area contributed by atoms with Gasteiger partial charge in [0.15, 0.2) is 5.82 Å². The monoisotopic (exact) mass is 427 g/mol. The Bertz CT molecular complexity index is 1010. The lowest BCUT2D eigenvalue weighted by molar-refractivity contribution is -0.118. The summed E-state index contributed by atoms with van der Waals surface area (Å²) in [5.74, 6) is -0.109. The van der Waals surface area contributed by atoms with Crippen molar-refractivity contribution in [1.29, 1.82) is 0 Å². The van der Waals surface area contributed by atoms with Crippen LogP contribution in [-0.2, 0) is 27.9 Å². The van der Waals surface area contributed by atoms with E-state index in [4.69, 9.17) is 9.26 Å². The van der Waals surface area contributed by atoms with Crippen molar-refractivity contribution < 1.29 is 31.7 Å². The molecule has 0 aliphatic carbocycles. The number of hydrogen-bond donors (Lipinski definition) is 2. The predicted molar refractivity (Wildman–Crippen MR) is 94.8 cm³/mol. The highest BCUT2D eigenvalue weighted by molar-refractivity contribution is 7.89. The van der Waals surface area contributed by atoms with E-state index in [-0.39, 0.29) is 48.6 Å². The fourth-order valence-electron chi connectivity index (χ4n) is 2.39. The number of amides is 3. The van der Waals surface area contributed by atoms with Crippen LogP contribution >= 0.6 is 0 Å². The molecule has 1 aliphatic rings. The lowest BCUT2D eigenvalue weighted by atomic mass is 10.3. The van der Waals surface area contributed by atoms with Gasteiger partial charge in [0.25, 0.3) is 0 Å². The molecule has 1 aromatic heterocycles. The zero-order chi connectivity index (χ0) is 21.0. The summed E-state index contributed by atoms with van der Waals surface area (Å²) < 4.78 is 50.2. The first-order valence-corrected chi connectivity index (χ1v) is 9.98. The number of sulfonamides is 1. The van der Waals surface area contributed by atoms with Crippen molar-refractivity contribution >= 4 is 22.0 Å². The lowest BCUT2D eigenvalue weighted by Gasteiger charge is -2.09. The van der Waals surface area contributed by atoms with Gasteiger partial charge < -0.3 is 14.2 Å². The number of aromatic nitrogens is 2. The summed E-state index contributed by atoms with van der Waals surface area (Å²) in [6.07, 6.45) is -1.19. The number of alkyl halides is 1. The maximum atomic E-state index is 12.9. The first kappa shape index (κ1) is 20.7. The topological polar surface area (TPSA) is 144 Å². The number of benzene rings is 1. The van der Waals surface area contributed by atoms with Crippen molar-refractivity contribution in [2.24, 2.45) is 0 Å². The number of imide groups is 1. The van der Waals surface area contributed by atoms with E-state index in [1.807, 2.05) is 0 Å². The summed E-state index contributed by atoms with van der Waals surface area (Å²) >= 11 is 0. The number of urea groups is 1. The first-order valence-electron chi connectivity index (χ1n) is 8.50. The van der Waals surface area contributed by atoms with Crippen LogP contribution in [0.1, 0.15) is 18.6 Å². The molecule has 1 aromatic carbocycles. The van der Waals surface area contributed by atoms with Crippen molar-refractivity contribution in [3.05, 3.63) is 36.0 Å². The molecule has 1 atom stereocenters. The van der Waals surface area contributed by atoms with E-state index in [2.05, 4.69) is 20.2 Å². The Labute approximate surface area is 165 Å². The maximum absolute atomic E-state index is 12.9. The van der Waals surface area contributed by atoms with Crippen LogP contribution in [0.4, 0.5) is 9.18 Å². The standard InChI is InChI=1S/C16H18FN5O6S/c1-10(17)9-27-11-3-2-4-12(5-11)29(25,26)18-6-15-19-13(21-28-15)7-22-8-14(23)20-16(22)24/h2-5,10,18H,6-9H2,1H3,(H,20,23,24). The Kier molecular flexibility index (Phi) is 6.08. The zero-order valence-electron chi connectivity index (χ0n) is 15.3. The number of nitrogens with zero attached hydrogens (tertiary/aromatic N) is 3. The third kappa shape index (κ3) is 5.48. The van der Waals surface area contributed by atoms with Crippen molar-refractivity contribution in [2.45, 2.75) is 31.1 Å². The average Bonchev–Trinajstić information content (AvgIpc) is 3.24. The molecule has 1 saturated heterocycles. The van der Waals surface area contributed by atoms with Gasteiger partial charge in [-0.05, 0) is 19.1 Å². The van der Waals surface area contributed by atoms with Gasteiger partial charge in [0.05, 0.1) is 18.0 Å². The van der Waals surface area contributed by atoms with E-state index in [9.17, 15) is 22.4 Å². The van der Waals surface area contributed by atoms with Crippen molar-refractivity contribution in [3.63, 3.8) is 0 Å². The van der Waals surface area contributed by atoms with Gasteiger partial charge in [-0.25, -0.2) is 22.3 Å². The molecule has 2 heterocycles. The van der Waals surface area contributed by atoms with Crippen LogP contribution < -0.4 is 14.8 Å². The van der Waals surface area contributed by atoms with Gasteiger partial charge >= 0.3 is 6.03 Å². The molecule has 0 radical (unpaired) electrons. The normalized spacial score (nSPS) is 15.4. The van der Waals surface area contributed by atoms with Crippen LogP contribution in [0, 0.1) is 0 Å². The fourth-order valence-corrected chi connectivity index (χ4v) is 3.40. The second-order valence-corrected chi connectivity index (χ2v) is 7.97. The van der Waals surface area contributed by atoms with E-state index >= 15 is 0 Å². The predicted octanol–water partition coefficient (Wildman–Crippen LogP) is 0.337. The number of carbonyl (C=O) groups excluding carboxylic acids is 2. The summed E-state index contributed by atoms with van der Waals surface area (Å²) in [6, 6.07) is 5.06. The highest BCUT2D eigenvalue weighted by Crippen LogP contribution is 2.18. The molecule has 0 saturated carbocycles. The van der Waals surface area contributed by atoms with E-state index in [0.717, 1.165) is 0 Å². The van der Waals surface area contributed by atoms with Crippen molar-refractivity contribution in [3.8, 4) is 5.75 Å². The van der Waals surface area contributed by atoms with Gasteiger partial charge in [-0.15, -0.1) is 0 Å². The molecule has 156 valence electrons. The van der Waals surface area contributed by atoms with Gasteiger partial charge in [-0.1, -0.05) is 11.2 Å². The molecule has 2 aromatic rings. The smallest absolute Gasteiger partial charge is 0.324 e. The highest BCUT2D eigenvalue weighted by atomic mass is 32.2. The maximum Gasteiger partial charge on any atom is 0.324 e. The van der Waals surface area contributed by atoms with E-state index in [0.29, 0.717) is 0 Å². The Morgan fingerprint density at radius 1 is 1.41 bits per heavy atom. The SMILES string of the molecule is CC(F)COc1cccc(S(=O)(=O)NCc2nc(CN3CC(=O)NC3=O)no2)c1. The zero-order valence-corrected chi connectivity index (χ0v) is 16.1. The third-order valence-corrected chi connectivity index (χ3v) is 5.12. The summed E-state index contributed by atoms with van der Waals surface area (Å²) in [7, 11) is -3.92. The van der Waals surface area contributed by atoms with Gasteiger partial charge in [-0.3, -0.25) is 10.1 Å².